The van der Waals surface area contributed by atoms with Crippen molar-refractivity contribution in [2.75, 3.05) is 31.1 Å². The van der Waals surface area contributed by atoms with Gasteiger partial charge in [-0.05, 0) is 31.2 Å². The third-order valence-corrected chi connectivity index (χ3v) is 5.50. The number of hydrogen-bond acceptors (Lipinski definition) is 6. The van der Waals surface area contributed by atoms with Crippen molar-refractivity contribution in [2.45, 2.75) is 31.8 Å². The molecule has 1 N–H and O–H groups in total. The summed E-state index contributed by atoms with van der Waals surface area (Å²) in [6, 6.07) is 8.05. The molecule has 2 unspecified atom stereocenters. The predicted octanol–water partition coefficient (Wildman–Crippen LogP) is 2.63. The van der Waals surface area contributed by atoms with Crippen LogP contribution in [0.15, 0.2) is 42.9 Å². The van der Waals surface area contributed by atoms with Crippen molar-refractivity contribution in [1.29, 1.82) is 0 Å². The first-order chi connectivity index (χ1) is 14.3. The topological polar surface area (TPSA) is 70.3 Å². The summed E-state index contributed by atoms with van der Waals surface area (Å²) < 4.78 is 38.7. The average Bonchev–Trinajstić information content (AvgIpc) is 3.21. The van der Waals surface area contributed by atoms with Crippen molar-refractivity contribution in [2.24, 2.45) is 0 Å². The van der Waals surface area contributed by atoms with Gasteiger partial charge in [-0.25, -0.2) is 9.97 Å². The normalized spacial score (nSPS) is 18.0. The highest BCUT2D eigenvalue weighted by molar-refractivity contribution is 5.74. The zero-order valence-corrected chi connectivity index (χ0v) is 16.5. The molecule has 1 aliphatic heterocycles. The van der Waals surface area contributed by atoms with E-state index >= 15 is 0 Å². The molecule has 10 heteroatoms. The Balaban J connectivity index is 1.36. The number of alkyl halides is 3. The minimum atomic E-state index is -4.65. The lowest BCUT2D eigenvalue weighted by Gasteiger charge is -2.38. The Morgan fingerprint density at radius 1 is 1.13 bits per heavy atom. The molecule has 4 rings (SSSR count). The lowest BCUT2D eigenvalue weighted by molar-refractivity contribution is -0.208. The molecule has 1 aliphatic rings. The molecule has 0 amide bonds. The van der Waals surface area contributed by atoms with Crippen LogP contribution in [0.5, 0.6) is 0 Å². The highest BCUT2D eigenvalue weighted by atomic mass is 19.4. The lowest BCUT2D eigenvalue weighted by atomic mass is 10.1. The van der Waals surface area contributed by atoms with E-state index in [1.807, 2.05) is 24.3 Å². The van der Waals surface area contributed by atoms with Gasteiger partial charge in [0, 0.05) is 50.0 Å². The van der Waals surface area contributed by atoms with Gasteiger partial charge >= 0.3 is 6.18 Å². The molecule has 0 radical (unpaired) electrons. The standard InChI is InChI=1S/C20H23F3N6O/c1-14(17-5-4-15-3-2-6-24-19(15)26-17)27-7-9-28(10-8-27)16-11-25-29(12-16)13-18(30)20(21,22)23/h2-6,11-12,14,18,30H,7-10,13H2,1H3. The van der Waals surface area contributed by atoms with E-state index in [0.717, 1.165) is 53.3 Å². The molecule has 4 heterocycles. The van der Waals surface area contributed by atoms with E-state index in [1.165, 1.54) is 0 Å². The number of aliphatic hydroxyl groups is 1. The van der Waals surface area contributed by atoms with E-state index in [0.29, 0.717) is 0 Å². The number of rotatable bonds is 5. The molecular weight excluding hydrogens is 397 g/mol. The summed E-state index contributed by atoms with van der Waals surface area (Å²) in [5.41, 5.74) is 2.45. The summed E-state index contributed by atoms with van der Waals surface area (Å²) in [6.07, 6.45) is -2.26. The van der Waals surface area contributed by atoms with Crippen molar-refractivity contribution < 1.29 is 18.3 Å². The largest absolute Gasteiger partial charge is 0.416 e. The average molecular weight is 420 g/mol. The molecule has 1 fully saturated rings. The summed E-state index contributed by atoms with van der Waals surface area (Å²) >= 11 is 0. The zero-order chi connectivity index (χ0) is 21.3. The summed E-state index contributed by atoms with van der Waals surface area (Å²) in [5.74, 6) is 0. The summed E-state index contributed by atoms with van der Waals surface area (Å²) in [5, 5.41) is 14.2. The van der Waals surface area contributed by atoms with Gasteiger partial charge < -0.3 is 10.0 Å². The van der Waals surface area contributed by atoms with Crippen LogP contribution in [0.1, 0.15) is 18.7 Å². The third kappa shape index (κ3) is 4.39. The molecule has 0 spiro atoms. The SMILES string of the molecule is CC(c1ccc2cccnc2n1)N1CCN(c2cnn(CC(O)C(F)(F)F)c2)CC1. The van der Waals surface area contributed by atoms with Crippen LogP contribution in [0, 0.1) is 0 Å². The minimum absolute atomic E-state index is 0.128. The van der Waals surface area contributed by atoms with E-state index in [-0.39, 0.29) is 6.04 Å². The lowest BCUT2D eigenvalue weighted by Crippen LogP contribution is -2.47. The van der Waals surface area contributed by atoms with Gasteiger partial charge in [0.1, 0.15) is 0 Å². The first-order valence-electron chi connectivity index (χ1n) is 9.79. The van der Waals surface area contributed by atoms with Gasteiger partial charge in [-0.1, -0.05) is 0 Å². The van der Waals surface area contributed by atoms with E-state index in [4.69, 9.17) is 0 Å². The number of anilines is 1. The van der Waals surface area contributed by atoms with Crippen LogP contribution in [0.2, 0.25) is 0 Å². The van der Waals surface area contributed by atoms with Gasteiger partial charge in [-0.3, -0.25) is 9.58 Å². The van der Waals surface area contributed by atoms with E-state index in [9.17, 15) is 18.3 Å². The van der Waals surface area contributed by atoms with Gasteiger partial charge in [0.25, 0.3) is 0 Å². The van der Waals surface area contributed by atoms with Crippen LogP contribution in [0.4, 0.5) is 18.9 Å². The fourth-order valence-electron chi connectivity index (χ4n) is 3.65. The van der Waals surface area contributed by atoms with E-state index < -0.39 is 18.8 Å². The predicted molar refractivity (Wildman–Crippen MR) is 106 cm³/mol. The van der Waals surface area contributed by atoms with Crippen LogP contribution in [-0.4, -0.2) is 68.2 Å². The van der Waals surface area contributed by atoms with Crippen LogP contribution in [0.25, 0.3) is 11.0 Å². The Morgan fingerprint density at radius 3 is 2.63 bits per heavy atom. The molecule has 0 aliphatic carbocycles. The number of hydrogen-bond donors (Lipinski definition) is 1. The molecule has 0 bridgehead atoms. The van der Waals surface area contributed by atoms with Gasteiger partial charge in [-0.2, -0.15) is 18.3 Å². The molecule has 160 valence electrons. The molecule has 3 aromatic heterocycles. The molecule has 1 saturated heterocycles. The molecule has 2 atom stereocenters. The van der Waals surface area contributed by atoms with Gasteiger partial charge in [0.2, 0.25) is 0 Å². The van der Waals surface area contributed by atoms with Crippen LogP contribution < -0.4 is 4.90 Å². The number of piperazine rings is 1. The van der Waals surface area contributed by atoms with Crippen LogP contribution >= 0.6 is 0 Å². The first kappa shape index (κ1) is 20.5. The van der Waals surface area contributed by atoms with Gasteiger partial charge in [-0.15, -0.1) is 0 Å². The Labute approximate surface area is 171 Å². The second-order valence-electron chi connectivity index (χ2n) is 7.46. The molecule has 0 saturated carbocycles. The highest BCUT2D eigenvalue weighted by Gasteiger charge is 2.38. The fraction of sp³-hybridized carbons (Fsp3) is 0.450. The van der Waals surface area contributed by atoms with E-state index in [1.54, 1.807) is 18.6 Å². The monoisotopic (exact) mass is 420 g/mol. The third-order valence-electron chi connectivity index (χ3n) is 5.50. The van der Waals surface area contributed by atoms with Crippen molar-refractivity contribution in [3.05, 3.63) is 48.5 Å². The number of nitrogens with zero attached hydrogens (tertiary/aromatic N) is 6. The molecule has 0 aromatic carbocycles. The molecular formula is C20H23F3N6O. The number of halogens is 3. The first-order valence-corrected chi connectivity index (χ1v) is 9.79. The Bertz CT molecular complexity index is 999. The van der Waals surface area contributed by atoms with E-state index in [2.05, 4.69) is 31.8 Å². The fourth-order valence-corrected chi connectivity index (χ4v) is 3.65. The van der Waals surface area contributed by atoms with Gasteiger partial charge in [0.15, 0.2) is 11.8 Å². The summed E-state index contributed by atoms with van der Waals surface area (Å²) in [7, 11) is 0. The number of aromatic nitrogens is 4. The Morgan fingerprint density at radius 2 is 1.90 bits per heavy atom. The smallest absolute Gasteiger partial charge is 0.382 e. The second kappa shape index (κ2) is 8.19. The molecule has 3 aromatic rings. The van der Waals surface area contributed by atoms with Crippen molar-refractivity contribution in [3.8, 4) is 0 Å². The Kier molecular flexibility index (Phi) is 5.61. The maximum Gasteiger partial charge on any atom is 0.416 e. The van der Waals surface area contributed by atoms with Crippen molar-refractivity contribution in [1.82, 2.24) is 24.6 Å². The number of pyridine rings is 2. The molecule has 30 heavy (non-hydrogen) atoms. The number of aliphatic hydroxyl groups excluding tert-OH is 1. The van der Waals surface area contributed by atoms with Crippen LogP contribution in [0.3, 0.4) is 0 Å². The maximum absolute atomic E-state index is 12.5. The van der Waals surface area contributed by atoms with Crippen LogP contribution in [-0.2, 0) is 6.54 Å². The molecule has 7 nitrogen and oxygen atoms in total. The summed E-state index contributed by atoms with van der Waals surface area (Å²) in [4.78, 5) is 13.4. The minimum Gasteiger partial charge on any atom is -0.382 e. The Hall–Kier alpha value is -2.72. The number of fused-ring (bicyclic) bond motifs is 1. The quantitative estimate of drug-likeness (QED) is 0.684. The van der Waals surface area contributed by atoms with Crippen molar-refractivity contribution >= 4 is 16.7 Å². The van der Waals surface area contributed by atoms with Crippen molar-refractivity contribution in [3.63, 3.8) is 0 Å². The maximum atomic E-state index is 12.5. The highest BCUT2D eigenvalue weighted by Crippen LogP contribution is 2.25. The summed E-state index contributed by atoms with van der Waals surface area (Å²) in [6.45, 7) is 4.54. The second-order valence-corrected chi connectivity index (χ2v) is 7.46. The zero-order valence-electron chi connectivity index (χ0n) is 16.5. The van der Waals surface area contributed by atoms with Gasteiger partial charge in [0.05, 0.1) is 24.1 Å².